The molecular formula is C24H29FN4O3S. The SMILES string of the molecule is Cn1c(CCC(=O)NCCc2cccc(F)c2)nc2cc(S(=O)(=O)N3CCCCC3)ccc21. The van der Waals surface area contributed by atoms with E-state index in [4.69, 9.17) is 0 Å². The van der Waals surface area contributed by atoms with Crippen molar-refractivity contribution in [3.63, 3.8) is 0 Å². The summed E-state index contributed by atoms with van der Waals surface area (Å²) < 4.78 is 42.6. The van der Waals surface area contributed by atoms with Gasteiger partial charge in [0, 0.05) is 39.5 Å². The molecule has 1 N–H and O–H groups in total. The van der Waals surface area contributed by atoms with Crippen LogP contribution in [0.4, 0.5) is 4.39 Å². The number of rotatable bonds is 8. The third-order valence-corrected chi connectivity index (χ3v) is 7.99. The van der Waals surface area contributed by atoms with Gasteiger partial charge in [-0.1, -0.05) is 18.6 Å². The van der Waals surface area contributed by atoms with Crippen LogP contribution in [0.15, 0.2) is 47.4 Å². The Morgan fingerprint density at radius 1 is 1.09 bits per heavy atom. The number of nitrogens with zero attached hydrogens (tertiary/aromatic N) is 3. The monoisotopic (exact) mass is 472 g/mol. The Morgan fingerprint density at radius 3 is 2.64 bits per heavy atom. The maximum atomic E-state index is 13.2. The van der Waals surface area contributed by atoms with Gasteiger partial charge in [-0.15, -0.1) is 0 Å². The number of aryl methyl sites for hydroxylation is 2. The number of carbonyl (C=O) groups excluding carboxylic acids is 1. The van der Waals surface area contributed by atoms with Crippen LogP contribution in [0, 0.1) is 5.82 Å². The van der Waals surface area contributed by atoms with Gasteiger partial charge in [0.2, 0.25) is 15.9 Å². The lowest BCUT2D eigenvalue weighted by Crippen LogP contribution is -2.35. The summed E-state index contributed by atoms with van der Waals surface area (Å²) in [6.07, 6.45) is 4.10. The highest BCUT2D eigenvalue weighted by molar-refractivity contribution is 7.89. The number of fused-ring (bicyclic) bond motifs is 1. The molecule has 0 atom stereocenters. The highest BCUT2D eigenvalue weighted by atomic mass is 32.2. The molecule has 2 heterocycles. The zero-order chi connectivity index (χ0) is 23.4. The second kappa shape index (κ2) is 10.0. The molecule has 2 aromatic carbocycles. The number of imidazole rings is 1. The molecule has 176 valence electrons. The van der Waals surface area contributed by atoms with Gasteiger partial charge >= 0.3 is 0 Å². The number of carbonyl (C=O) groups is 1. The van der Waals surface area contributed by atoms with E-state index in [0.29, 0.717) is 38.0 Å². The van der Waals surface area contributed by atoms with E-state index in [1.807, 2.05) is 17.7 Å². The largest absolute Gasteiger partial charge is 0.356 e. The fourth-order valence-electron chi connectivity index (χ4n) is 4.22. The number of piperidine rings is 1. The van der Waals surface area contributed by atoms with E-state index >= 15 is 0 Å². The smallest absolute Gasteiger partial charge is 0.243 e. The average molecular weight is 473 g/mol. The lowest BCUT2D eigenvalue weighted by Gasteiger charge is -2.25. The molecule has 0 bridgehead atoms. The van der Waals surface area contributed by atoms with Crippen LogP contribution in [0.5, 0.6) is 0 Å². The van der Waals surface area contributed by atoms with E-state index < -0.39 is 10.0 Å². The highest BCUT2D eigenvalue weighted by Crippen LogP contribution is 2.24. The van der Waals surface area contributed by atoms with Gasteiger partial charge in [-0.3, -0.25) is 4.79 Å². The minimum atomic E-state index is -3.52. The molecule has 1 aromatic heterocycles. The first kappa shape index (κ1) is 23.4. The molecule has 33 heavy (non-hydrogen) atoms. The molecule has 0 spiro atoms. The average Bonchev–Trinajstić information content (AvgIpc) is 3.13. The van der Waals surface area contributed by atoms with Crippen molar-refractivity contribution in [1.82, 2.24) is 19.2 Å². The molecule has 1 fully saturated rings. The number of aromatic nitrogens is 2. The van der Waals surface area contributed by atoms with Crippen LogP contribution in [0.25, 0.3) is 11.0 Å². The molecule has 0 aliphatic carbocycles. The minimum Gasteiger partial charge on any atom is -0.356 e. The first-order valence-electron chi connectivity index (χ1n) is 11.3. The van der Waals surface area contributed by atoms with Crippen molar-refractivity contribution in [2.75, 3.05) is 19.6 Å². The van der Waals surface area contributed by atoms with Gasteiger partial charge < -0.3 is 9.88 Å². The molecule has 1 aliphatic heterocycles. The normalized spacial score (nSPS) is 15.1. The van der Waals surface area contributed by atoms with E-state index in [-0.39, 0.29) is 23.0 Å². The molecule has 1 aliphatic rings. The summed E-state index contributed by atoms with van der Waals surface area (Å²) in [7, 11) is -1.66. The summed E-state index contributed by atoms with van der Waals surface area (Å²) in [6.45, 7) is 1.55. The minimum absolute atomic E-state index is 0.105. The molecule has 4 rings (SSSR count). The zero-order valence-electron chi connectivity index (χ0n) is 18.8. The van der Waals surface area contributed by atoms with Crippen LogP contribution in [-0.2, 0) is 34.7 Å². The standard InChI is InChI=1S/C24H29FN4O3S/c1-28-22-9-8-20(33(31,32)29-14-3-2-4-15-29)17-21(22)27-23(28)10-11-24(30)26-13-12-18-6-5-7-19(25)16-18/h5-9,16-17H,2-4,10-15H2,1H3,(H,26,30). The van der Waals surface area contributed by atoms with Crippen LogP contribution in [0.2, 0.25) is 0 Å². The highest BCUT2D eigenvalue weighted by Gasteiger charge is 2.26. The maximum absolute atomic E-state index is 13.2. The van der Waals surface area contributed by atoms with Crippen LogP contribution < -0.4 is 5.32 Å². The molecule has 1 saturated heterocycles. The second-order valence-corrected chi connectivity index (χ2v) is 10.4. The number of amides is 1. The van der Waals surface area contributed by atoms with Crippen molar-refractivity contribution < 1.29 is 17.6 Å². The molecule has 7 nitrogen and oxygen atoms in total. The lowest BCUT2D eigenvalue weighted by molar-refractivity contribution is -0.121. The van der Waals surface area contributed by atoms with Crippen molar-refractivity contribution in [3.8, 4) is 0 Å². The van der Waals surface area contributed by atoms with Crippen LogP contribution in [0.1, 0.15) is 37.1 Å². The number of hydrogen-bond donors (Lipinski definition) is 1. The topological polar surface area (TPSA) is 84.3 Å². The Morgan fingerprint density at radius 2 is 1.88 bits per heavy atom. The Kier molecular flexibility index (Phi) is 7.09. The van der Waals surface area contributed by atoms with E-state index in [1.165, 1.54) is 12.1 Å². The maximum Gasteiger partial charge on any atom is 0.243 e. The van der Waals surface area contributed by atoms with Gasteiger partial charge in [0.25, 0.3) is 0 Å². The first-order chi connectivity index (χ1) is 15.8. The summed E-state index contributed by atoms with van der Waals surface area (Å²) in [6, 6.07) is 11.4. The number of nitrogens with one attached hydrogen (secondary N) is 1. The summed E-state index contributed by atoms with van der Waals surface area (Å²) in [5.74, 6) is 0.331. The van der Waals surface area contributed by atoms with Crippen molar-refractivity contribution in [2.45, 2.75) is 43.4 Å². The van der Waals surface area contributed by atoms with Gasteiger partial charge in [0.15, 0.2) is 0 Å². The third kappa shape index (κ3) is 5.42. The van der Waals surface area contributed by atoms with E-state index in [1.54, 1.807) is 28.6 Å². The molecule has 0 unspecified atom stereocenters. The molecule has 9 heteroatoms. The molecule has 0 saturated carbocycles. The quantitative estimate of drug-likeness (QED) is 0.546. The van der Waals surface area contributed by atoms with Gasteiger partial charge in [0.1, 0.15) is 11.6 Å². The van der Waals surface area contributed by atoms with Crippen molar-refractivity contribution in [2.24, 2.45) is 7.05 Å². The second-order valence-electron chi connectivity index (χ2n) is 8.43. The fraction of sp³-hybridized carbons (Fsp3) is 0.417. The van der Waals surface area contributed by atoms with E-state index in [9.17, 15) is 17.6 Å². The summed E-state index contributed by atoms with van der Waals surface area (Å²) in [5.41, 5.74) is 2.27. The van der Waals surface area contributed by atoms with Crippen molar-refractivity contribution in [3.05, 3.63) is 59.7 Å². The van der Waals surface area contributed by atoms with Crippen LogP contribution >= 0.6 is 0 Å². The Bertz CT molecular complexity index is 1250. The first-order valence-corrected chi connectivity index (χ1v) is 12.8. The molecule has 1 amide bonds. The summed E-state index contributed by atoms with van der Waals surface area (Å²) in [4.78, 5) is 17.1. The van der Waals surface area contributed by atoms with E-state index in [0.717, 1.165) is 36.2 Å². The summed E-state index contributed by atoms with van der Waals surface area (Å²) in [5, 5.41) is 2.86. The molecular weight excluding hydrogens is 443 g/mol. The Labute approximate surface area is 193 Å². The van der Waals surface area contributed by atoms with E-state index in [2.05, 4.69) is 10.3 Å². The van der Waals surface area contributed by atoms with Gasteiger partial charge in [-0.05, 0) is 55.2 Å². The van der Waals surface area contributed by atoms with Crippen LogP contribution in [-0.4, -0.2) is 47.8 Å². The Balaban J connectivity index is 1.38. The molecule has 0 radical (unpaired) electrons. The number of sulfonamides is 1. The predicted molar refractivity (Wildman–Crippen MR) is 125 cm³/mol. The van der Waals surface area contributed by atoms with Crippen molar-refractivity contribution in [1.29, 1.82) is 0 Å². The molecule has 3 aromatic rings. The van der Waals surface area contributed by atoms with Gasteiger partial charge in [0.05, 0.1) is 15.9 Å². The van der Waals surface area contributed by atoms with Crippen molar-refractivity contribution >= 4 is 27.0 Å². The Hall–Kier alpha value is -2.78. The number of halogens is 1. The fourth-order valence-corrected chi connectivity index (χ4v) is 5.76. The zero-order valence-corrected chi connectivity index (χ0v) is 19.6. The van der Waals surface area contributed by atoms with Crippen LogP contribution in [0.3, 0.4) is 0 Å². The summed E-state index contributed by atoms with van der Waals surface area (Å²) >= 11 is 0. The third-order valence-electron chi connectivity index (χ3n) is 6.10. The van der Waals surface area contributed by atoms with Gasteiger partial charge in [-0.2, -0.15) is 4.31 Å². The lowest BCUT2D eigenvalue weighted by atomic mass is 10.1. The number of hydrogen-bond acceptors (Lipinski definition) is 4. The predicted octanol–water partition coefficient (Wildman–Crippen LogP) is 3.18. The number of benzene rings is 2. The van der Waals surface area contributed by atoms with Gasteiger partial charge in [-0.25, -0.2) is 17.8 Å².